The third kappa shape index (κ3) is 5.89. The van der Waals surface area contributed by atoms with E-state index in [1.54, 1.807) is 24.3 Å². The Hall–Kier alpha value is -3.94. The van der Waals surface area contributed by atoms with Crippen LogP contribution in [0.25, 0.3) is 0 Å². The van der Waals surface area contributed by atoms with Gasteiger partial charge in [-0.3, -0.25) is 9.59 Å². The number of ether oxygens (including phenoxy) is 3. The third-order valence-corrected chi connectivity index (χ3v) is 5.41. The average molecular weight is 467 g/mol. The van der Waals surface area contributed by atoms with Gasteiger partial charge in [0.15, 0.2) is 30.5 Å². The molecular weight excluding hydrogens is 441 g/mol. The van der Waals surface area contributed by atoms with Gasteiger partial charge in [-0.15, -0.1) is 0 Å². The van der Waals surface area contributed by atoms with Gasteiger partial charge < -0.3 is 18.8 Å². The van der Waals surface area contributed by atoms with Crippen LogP contribution >= 0.6 is 0 Å². The predicted octanol–water partition coefficient (Wildman–Crippen LogP) is 4.31. The molecule has 0 atom stereocenters. The van der Waals surface area contributed by atoms with Crippen LogP contribution < -0.4 is 9.47 Å². The lowest BCUT2D eigenvalue weighted by Gasteiger charge is -2.11. The first-order valence-electron chi connectivity index (χ1n) is 10.6. The maximum absolute atomic E-state index is 13.2. The van der Waals surface area contributed by atoms with Gasteiger partial charge >= 0.3 is 5.97 Å². The number of ketones is 2. The summed E-state index contributed by atoms with van der Waals surface area (Å²) in [6.07, 6.45) is 0. The van der Waals surface area contributed by atoms with Crippen molar-refractivity contribution in [1.82, 2.24) is 4.57 Å². The molecule has 3 aromatic rings. The van der Waals surface area contributed by atoms with Crippen LogP contribution in [-0.2, 0) is 16.1 Å². The lowest BCUT2D eigenvalue weighted by atomic mass is 10.1. The molecule has 0 bridgehead atoms. The first-order chi connectivity index (χ1) is 16.2. The summed E-state index contributed by atoms with van der Waals surface area (Å²) in [4.78, 5) is 36.3. The number of rotatable bonds is 10. The molecule has 0 aliphatic rings. The number of methoxy groups -OCH3 is 1. The average Bonchev–Trinajstić information content (AvgIpc) is 3.10. The van der Waals surface area contributed by atoms with Gasteiger partial charge in [-0.2, -0.15) is 0 Å². The molecule has 0 N–H and O–H groups in total. The second-order valence-electron chi connectivity index (χ2n) is 7.79. The summed E-state index contributed by atoms with van der Waals surface area (Å²) < 4.78 is 30.8. The van der Waals surface area contributed by atoms with Crippen molar-refractivity contribution in [2.75, 3.05) is 20.3 Å². The van der Waals surface area contributed by atoms with Crippen molar-refractivity contribution >= 4 is 17.5 Å². The summed E-state index contributed by atoms with van der Waals surface area (Å²) in [6, 6.07) is 12.5. The van der Waals surface area contributed by atoms with Crippen LogP contribution in [0.15, 0.2) is 48.5 Å². The van der Waals surface area contributed by atoms with Crippen LogP contribution in [0.4, 0.5) is 4.39 Å². The highest BCUT2D eigenvalue weighted by Gasteiger charge is 2.18. The fourth-order valence-electron chi connectivity index (χ4n) is 3.51. The lowest BCUT2D eigenvalue weighted by Crippen LogP contribution is -2.20. The van der Waals surface area contributed by atoms with Gasteiger partial charge in [-0.1, -0.05) is 12.1 Å². The Morgan fingerprint density at radius 3 is 2.29 bits per heavy atom. The molecule has 0 unspecified atom stereocenters. The standard InChI is InChI=1S/C26H26FNO6/c1-16-11-22(17(2)28(16)13-19-5-8-21(27)9-6-19)23(30)14-34-26(31)15-33-24-10-7-20(18(3)29)12-25(24)32-4/h5-12H,13-15H2,1-4H3. The molecule has 0 aliphatic carbocycles. The summed E-state index contributed by atoms with van der Waals surface area (Å²) >= 11 is 0. The highest BCUT2D eigenvalue weighted by Crippen LogP contribution is 2.28. The molecular formula is C26H26FNO6. The van der Waals surface area contributed by atoms with Gasteiger partial charge in [0.1, 0.15) is 5.82 Å². The van der Waals surface area contributed by atoms with Crippen molar-refractivity contribution in [3.05, 3.63) is 82.4 Å². The molecule has 0 saturated heterocycles. The number of Topliss-reactive ketones (excluding diaryl/α,β-unsaturated/α-hetero) is 2. The van der Waals surface area contributed by atoms with E-state index in [4.69, 9.17) is 14.2 Å². The molecule has 1 heterocycles. The van der Waals surface area contributed by atoms with Crippen molar-refractivity contribution in [2.24, 2.45) is 0 Å². The van der Waals surface area contributed by atoms with Gasteiger partial charge in [0.05, 0.1) is 7.11 Å². The molecule has 0 amide bonds. The largest absolute Gasteiger partial charge is 0.493 e. The second kappa shape index (κ2) is 10.8. The molecule has 34 heavy (non-hydrogen) atoms. The number of carbonyl (C=O) groups is 3. The molecule has 2 aromatic carbocycles. The summed E-state index contributed by atoms with van der Waals surface area (Å²) in [7, 11) is 1.43. The Morgan fingerprint density at radius 2 is 1.65 bits per heavy atom. The molecule has 7 nitrogen and oxygen atoms in total. The number of hydrogen-bond acceptors (Lipinski definition) is 6. The molecule has 0 spiro atoms. The number of carbonyl (C=O) groups excluding carboxylic acids is 3. The van der Waals surface area contributed by atoms with E-state index in [1.807, 2.05) is 18.4 Å². The first-order valence-corrected chi connectivity index (χ1v) is 10.6. The zero-order chi connectivity index (χ0) is 24.8. The first kappa shape index (κ1) is 24.7. The zero-order valence-corrected chi connectivity index (χ0v) is 19.5. The Labute approximate surface area is 197 Å². The van der Waals surface area contributed by atoms with E-state index in [0.29, 0.717) is 23.4 Å². The summed E-state index contributed by atoms with van der Waals surface area (Å²) in [6.45, 7) is 4.76. The van der Waals surface area contributed by atoms with E-state index < -0.39 is 19.2 Å². The van der Waals surface area contributed by atoms with Gasteiger partial charge in [0.25, 0.3) is 0 Å². The van der Waals surface area contributed by atoms with Crippen LogP contribution in [0.1, 0.15) is 44.6 Å². The van der Waals surface area contributed by atoms with Crippen molar-refractivity contribution in [2.45, 2.75) is 27.3 Å². The molecule has 3 rings (SSSR count). The number of nitrogens with zero attached hydrogens (tertiary/aromatic N) is 1. The van der Waals surface area contributed by atoms with Crippen LogP contribution in [0.2, 0.25) is 0 Å². The summed E-state index contributed by atoms with van der Waals surface area (Å²) in [5.74, 6) is -0.899. The number of esters is 1. The normalized spacial score (nSPS) is 10.6. The quantitative estimate of drug-likeness (QED) is 0.326. The Bertz CT molecular complexity index is 1210. The number of halogens is 1. The van der Waals surface area contributed by atoms with Crippen LogP contribution in [0.3, 0.4) is 0 Å². The van der Waals surface area contributed by atoms with E-state index >= 15 is 0 Å². The maximum atomic E-state index is 13.2. The number of aryl methyl sites for hydroxylation is 1. The fraction of sp³-hybridized carbons (Fsp3) is 0.269. The molecule has 0 saturated carbocycles. The second-order valence-corrected chi connectivity index (χ2v) is 7.79. The van der Waals surface area contributed by atoms with Gasteiger partial charge in [-0.25, -0.2) is 9.18 Å². The molecule has 0 radical (unpaired) electrons. The minimum absolute atomic E-state index is 0.125. The lowest BCUT2D eigenvalue weighted by molar-refractivity contribution is -0.144. The minimum Gasteiger partial charge on any atom is -0.493 e. The molecule has 1 aromatic heterocycles. The van der Waals surface area contributed by atoms with E-state index in [2.05, 4.69) is 0 Å². The highest BCUT2D eigenvalue weighted by molar-refractivity contribution is 5.99. The van der Waals surface area contributed by atoms with Crippen molar-refractivity contribution < 1.29 is 33.0 Å². The van der Waals surface area contributed by atoms with E-state index in [-0.39, 0.29) is 23.1 Å². The molecule has 0 aliphatic heterocycles. The van der Waals surface area contributed by atoms with E-state index in [0.717, 1.165) is 17.0 Å². The minimum atomic E-state index is -0.717. The van der Waals surface area contributed by atoms with Crippen molar-refractivity contribution in [3.63, 3.8) is 0 Å². The number of hydrogen-bond donors (Lipinski definition) is 0. The monoisotopic (exact) mass is 467 g/mol. The Morgan fingerprint density at radius 1 is 0.941 bits per heavy atom. The summed E-state index contributed by atoms with van der Waals surface area (Å²) in [5.41, 5.74) is 3.40. The Balaban J connectivity index is 1.58. The molecule has 178 valence electrons. The zero-order valence-electron chi connectivity index (χ0n) is 19.5. The van der Waals surface area contributed by atoms with Crippen LogP contribution in [0.5, 0.6) is 11.5 Å². The Kier molecular flexibility index (Phi) is 7.83. The number of benzene rings is 2. The maximum Gasteiger partial charge on any atom is 0.344 e. The van der Waals surface area contributed by atoms with Crippen LogP contribution in [-0.4, -0.2) is 42.4 Å². The third-order valence-electron chi connectivity index (χ3n) is 5.41. The number of aromatic nitrogens is 1. The van der Waals surface area contributed by atoms with Crippen LogP contribution in [0, 0.1) is 19.7 Å². The SMILES string of the molecule is COc1cc(C(C)=O)ccc1OCC(=O)OCC(=O)c1cc(C)n(Cc2ccc(F)cc2)c1C. The van der Waals surface area contributed by atoms with Crippen molar-refractivity contribution in [1.29, 1.82) is 0 Å². The molecule has 8 heteroatoms. The summed E-state index contributed by atoms with van der Waals surface area (Å²) in [5, 5.41) is 0. The topological polar surface area (TPSA) is 83.8 Å². The van der Waals surface area contributed by atoms with Gasteiger partial charge in [0.2, 0.25) is 5.78 Å². The fourth-order valence-corrected chi connectivity index (χ4v) is 3.51. The van der Waals surface area contributed by atoms with Crippen molar-refractivity contribution in [3.8, 4) is 11.5 Å². The van der Waals surface area contributed by atoms with E-state index in [1.165, 1.54) is 38.3 Å². The van der Waals surface area contributed by atoms with Gasteiger partial charge in [-0.05, 0) is 62.7 Å². The van der Waals surface area contributed by atoms with Gasteiger partial charge in [0, 0.05) is 29.1 Å². The van der Waals surface area contributed by atoms with E-state index in [9.17, 15) is 18.8 Å². The molecule has 0 fully saturated rings. The predicted molar refractivity (Wildman–Crippen MR) is 123 cm³/mol. The highest BCUT2D eigenvalue weighted by atomic mass is 19.1. The smallest absolute Gasteiger partial charge is 0.344 e.